The molecule has 0 aromatic heterocycles. The van der Waals surface area contributed by atoms with Gasteiger partial charge in [0.05, 0.1) is 12.0 Å². The first-order valence-electron chi connectivity index (χ1n) is 6.27. The molecule has 0 aliphatic carbocycles. The average Bonchev–Trinajstić information content (AvgIpc) is 2.37. The molecule has 1 aliphatic heterocycles. The van der Waals surface area contributed by atoms with Crippen molar-refractivity contribution in [2.45, 2.75) is 32.0 Å². The molecule has 1 saturated heterocycles. The molecule has 1 rings (SSSR count). The Morgan fingerprint density at radius 1 is 1.42 bits per heavy atom. The lowest BCUT2D eigenvalue weighted by atomic mass is 9.94. The number of hydrogen-bond donors (Lipinski definition) is 2. The fraction of sp³-hybridized carbons (Fsp3) is 0.909. The lowest BCUT2D eigenvalue weighted by Gasteiger charge is -2.30. The molecule has 0 aromatic rings. The predicted octanol–water partition coefficient (Wildman–Crippen LogP) is 0.802. The van der Waals surface area contributed by atoms with Crippen molar-refractivity contribution in [1.82, 2.24) is 10.6 Å². The summed E-state index contributed by atoms with van der Waals surface area (Å²) >= 11 is 0. The molecule has 1 fully saturated rings. The zero-order chi connectivity index (χ0) is 14.5. The maximum absolute atomic E-state index is 12.4. The summed E-state index contributed by atoms with van der Waals surface area (Å²) in [6.07, 6.45) is -4.06. The van der Waals surface area contributed by atoms with Crippen LogP contribution in [0.3, 0.4) is 0 Å². The lowest BCUT2D eigenvalue weighted by molar-refractivity contribution is -0.180. The fourth-order valence-electron chi connectivity index (χ4n) is 1.92. The smallest absolute Gasteiger partial charge is 0.354 e. The van der Waals surface area contributed by atoms with Gasteiger partial charge in [-0.25, -0.2) is 0 Å². The first kappa shape index (κ1) is 16.4. The molecule has 112 valence electrons. The number of rotatable bonds is 5. The van der Waals surface area contributed by atoms with Crippen LogP contribution in [0.5, 0.6) is 0 Å². The molecule has 1 amide bonds. The molecule has 0 aromatic carbocycles. The van der Waals surface area contributed by atoms with Crippen molar-refractivity contribution >= 4 is 16.7 Å². The summed E-state index contributed by atoms with van der Waals surface area (Å²) in [5, 5.41) is 5.22. The van der Waals surface area contributed by atoms with Gasteiger partial charge in [0.1, 0.15) is 0 Å². The summed E-state index contributed by atoms with van der Waals surface area (Å²) in [5.74, 6) is -0.775. The normalized spacial score (nSPS) is 25.9. The van der Waals surface area contributed by atoms with Crippen LogP contribution in [0.2, 0.25) is 0 Å². The van der Waals surface area contributed by atoms with Crippen molar-refractivity contribution < 1.29 is 22.2 Å². The van der Waals surface area contributed by atoms with Crippen molar-refractivity contribution in [3.8, 4) is 0 Å². The second kappa shape index (κ2) is 7.23. The Balaban J connectivity index is 2.27. The molecule has 0 bridgehead atoms. The number of carbonyl (C=O) groups is 1. The van der Waals surface area contributed by atoms with Crippen LogP contribution >= 0.6 is 0 Å². The van der Waals surface area contributed by atoms with Crippen LogP contribution in [0.4, 0.5) is 13.2 Å². The molecule has 3 unspecified atom stereocenters. The van der Waals surface area contributed by atoms with E-state index in [9.17, 15) is 22.2 Å². The maximum Gasteiger partial charge on any atom is 0.393 e. The third kappa shape index (κ3) is 5.48. The van der Waals surface area contributed by atoms with E-state index in [1.165, 1.54) is 0 Å². The maximum atomic E-state index is 12.4. The lowest BCUT2D eigenvalue weighted by Crippen LogP contribution is -2.51. The van der Waals surface area contributed by atoms with Crippen molar-refractivity contribution in [3.05, 3.63) is 0 Å². The quantitative estimate of drug-likeness (QED) is 0.790. The molecule has 19 heavy (non-hydrogen) atoms. The van der Waals surface area contributed by atoms with Gasteiger partial charge in [-0.2, -0.15) is 13.2 Å². The van der Waals surface area contributed by atoms with Crippen molar-refractivity contribution in [2.75, 3.05) is 24.6 Å². The molecule has 0 saturated carbocycles. The molecule has 2 N–H and O–H groups in total. The summed E-state index contributed by atoms with van der Waals surface area (Å²) in [6.45, 7) is 1.86. The third-order valence-corrected chi connectivity index (χ3v) is 4.45. The Morgan fingerprint density at radius 2 is 2.11 bits per heavy atom. The number of nitrogens with one attached hydrogen (secondary N) is 2. The Kier molecular flexibility index (Phi) is 6.25. The van der Waals surface area contributed by atoms with Crippen LogP contribution in [0.15, 0.2) is 0 Å². The number of halogens is 3. The second-order valence-corrected chi connectivity index (χ2v) is 6.37. The van der Waals surface area contributed by atoms with Gasteiger partial charge in [-0.05, 0) is 12.8 Å². The highest BCUT2D eigenvalue weighted by Gasteiger charge is 2.42. The van der Waals surface area contributed by atoms with Crippen LogP contribution in [0.25, 0.3) is 0 Å². The number of carbonyl (C=O) groups excluding carboxylic acids is 1. The van der Waals surface area contributed by atoms with Crippen molar-refractivity contribution in [2.24, 2.45) is 5.92 Å². The average molecular weight is 300 g/mol. The highest BCUT2D eigenvalue weighted by molar-refractivity contribution is 7.84. The van der Waals surface area contributed by atoms with Crippen LogP contribution in [-0.2, 0) is 15.6 Å². The van der Waals surface area contributed by atoms with E-state index < -0.39 is 28.9 Å². The highest BCUT2D eigenvalue weighted by atomic mass is 32.2. The van der Waals surface area contributed by atoms with Gasteiger partial charge in [0.2, 0.25) is 5.91 Å². The molecule has 1 heterocycles. The van der Waals surface area contributed by atoms with Gasteiger partial charge in [-0.3, -0.25) is 9.00 Å². The Bertz CT molecular complexity index is 328. The second-order valence-electron chi connectivity index (χ2n) is 4.50. The molecule has 8 heteroatoms. The molecule has 3 atom stereocenters. The summed E-state index contributed by atoms with van der Waals surface area (Å²) in [7, 11) is -0.950. The van der Waals surface area contributed by atoms with Crippen molar-refractivity contribution in [1.29, 1.82) is 0 Å². The topological polar surface area (TPSA) is 58.2 Å². The fourth-order valence-corrected chi connectivity index (χ4v) is 2.53. The summed E-state index contributed by atoms with van der Waals surface area (Å²) in [6, 6.07) is -0.575. The highest BCUT2D eigenvalue weighted by Crippen LogP contribution is 2.31. The van der Waals surface area contributed by atoms with Crippen molar-refractivity contribution in [3.63, 3.8) is 0 Å². The van der Waals surface area contributed by atoms with E-state index in [1.54, 1.807) is 6.92 Å². The van der Waals surface area contributed by atoms with E-state index in [1.807, 2.05) is 0 Å². The Labute approximate surface area is 113 Å². The minimum Gasteiger partial charge on any atom is -0.354 e. The van der Waals surface area contributed by atoms with Gasteiger partial charge in [-0.15, -0.1) is 0 Å². The largest absolute Gasteiger partial charge is 0.393 e. The predicted molar refractivity (Wildman–Crippen MR) is 67.1 cm³/mol. The molecule has 4 nitrogen and oxygen atoms in total. The first-order valence-corrected chi connectivity index (χ1v) is 7.76. The summed E-state index contributed by atoms with van der Waals surface area (Å²) in [5.41, 5.74) is 0. The molecule has 1 aliphatic rings. The molecule has 0 radical (unpaired) electrons. The summed E-state index contributed by atoms with van der Waals surface area (Å²) in [4.78, 5) is 11.7. The standard InChI is InChI=1S/C11H19F3N2O2S/c1-2-19(18)6-5-15-10(17)9-4-3-8(7-16-9)11(12,13)14/h8-9,16H,2-7H2,1H3,(H,15,17). The third-order valence-electron chi connectivity index (χ3n) is 3.14. The zero-order valence-electron chi connectivity index (χ0n) is 10.8. The van der Waals surface area contributed by atoms with E-state index in [2.05, 4.69) is 10.6 Å². The first-order chi connectivity index (χ1) is 8.84. The van der Waals surface area contributed by atoms with E-state index in [0.29, 0.717) is 18.1 Å². The van der Waals surface area contributed by atoms with Crippen LogP contribution in [-0.4, -0.2) is 46.9 Å². The number of piperidine rings is 1. The monoisotopic (exact) mass is 300 g/mol. The Morgan fingerprint density at radius 3 is 2.58 bits per heavy atom. The van der Waals surface area contributed by atoms with Gasteiger partial charge < -0.3 is 10.6 Å². The minimum atomic E-state index is -4.20. The SMILES string of the molecule is CCS(=O)CCNC(=O)C1CCC(C(F)(F)F)CN1. The van der Waals surface area contributed by atoms with Crippen LogP contribution in [0, 0.1) is 5.92 Å². The van der Waals surface area contributed by atoms with Gasteiger partial charge in [-0.1, -0.05) is 6.92 Å². The molecular formula is C11H19F3N2O2S. The van der Waals surface area contributed by atoms with Gasteiger partial charge in [0, 0.05) is 35.4 Å². The molecular weight excluding hydrogens is 281 g/mol. The minimum absolute atomic E-state index is 0.0323. The number of alkyl halides is 3. The van der Waals surface area contributed by atoms with Gasteiger partial charge in [0.25, 0.3) is 0 Å². The van der Waals surface area contributed by atoms with Crippen LogP contribution < -0.4 is 10.6 Å². The van der Waals surface area contributed by atoms with E-state index in [0.717, 1.165) is 0 Å². The van der Waals surface area contributed by atoms with E-state index in [4.69, 9.17) is 0 Å². The number of hydrogen-bond acceptors (Lipinski definition) is 3. The Hall–Kier alpha value is -0.630. The zero-order valence-corrected chi connectivity index (χ0v) is 11.6. The van der Waals surface area contributed by atoms with Crippen LogP contribution in [0.1, 0.15) is 19.8 Å². The van der Waals surface area contributed by atoms with E-state index >= 15 is 0 Å². The van der Waals surface area contributed by atoms with Gasteiger partial charge >= 0.3 is 6.18 Å². The van der Waals surface area contributed by atoms with Gasteiger partial charge in [0.15, 0.2) is 0 Å². The summed E-state index contributed by atoms with van der Waals surface area (Å²) < 4.78 is 48.4. The van der Waals surface area contributed by atoms with E-state index in [-0.39, 0.29) is 25.3 Å². The molecule has 0 spiro atoms. The number of amides is 1.